The molecule has 0 aliphatic heterocycles. The largest absolute Gasteiger partial charge is 0.460 e. The van der Waals surface area contributed by atoms with Gasteiger partial charge >= 0.3 is 42.5 Å². The number of alkyl halides is 17. The van der Waals surface area contributed by atoms with Gasteiger partial charge in [-0.25, -0.2) is 13.9 Å². The summed E-state index contributed by atoms with van der Waals surface area (Å²) in [5, 5.41) is 0. The van der Waals surface area contributed by atoms with E-state index in [0.29, 0.717) is 0 Å². The maximum Gasteiger partial charge on any atom is 0.460 e. The fourth-order valence-electron chi connectivity index (χ4n) is 1.64. The van der Waals surface area contributed by atoms with Crippen molar-refractivity contribution >= 4 is 11.6 Å². The Bertz CT molecular complexity index is 657. The standard InChI is InChI=1S/C14H13ClF16O4/c15-2-1-3-32-4-7(16)5-33-6-8(17,18)34-13(28,29)14(30,31)35-12(26,27)10(21,22)9(19,20)11(23,24)25/h7H,1-6H2. The van der Waals surface area contributed by atoms with Crippen LogP contribution >= 0.6 is 11.6 Å². The van der Waals surface area contributed by atoms with Crippen molar-refractivity contribution in [2.75, 3.05) is 32.3 Å². The molecule has 0 N–H and O–H groups in total. The molecule has 0 saturated heterocycles. The summed E-state index contributed by atoms with van der Waals surface area (Å²) in [7, 11) is 0. The van der Waals surface area contributed by atoms with Crippen molar-refractivity contribution in [2.24, 2.45) is 0 Å². The molecule has 0 aromatic carbocycles. The van der Waals surface area contributed by atoms with Gasteiger partial charge in [0.1, 0.15) is 12.8 Å². The lowest BCUT2D eigenvalue weighted by Crippen LogP contribution is -2.64. The van der Waals surface area contributed by atoms with E-state index in [4.69, 9.17) is 11.6 Å². The molecule has 4 nitrogen and oxygen atoms in total. The number of hydrogen-bond donors (Lipinski definition) is 0. The first-order valence-electron chi connectivity index (χ1n) is 8.46. The van der Waals surface area contributed by atoms with Crippen molar-refractivity contribution < 1.29 is 89.2 Å². The zero-order chi connectivity index (χ0) is 28.1. The highest BCUT2D eigenvalue weighted by Crippen LogP contribution is 2.55. The van der Waals surface area contributed by atoms with Crippen molar-refractivity contribution in [1.82, 2.24) is 0 Å². The van der Waals surface area contributed by atoms with Crippen LogP contribution in [0.15, 0.2) is 0 Å². The van der Waals surface area contributed by atoms with Gasteiger partial charge in [-0.2, -0.15) is 65.9 Å². The number of rotatable bonds is 16. The van der Waals surface area contributed by atoms with Gasteiger partial charge in [-0.15, -0.1) is 11.6 Å². The number of ether oxygens (including phenoxy) is 4. The van der Waals surface area contributed by atoms with Gasteiger partial charge in [0.05, 0.1) is 13.2 Å². The van der Waals surface area contributed by atoms with Crippen LogP contribution in [0, 0.1) is 0 Å². The average Bonchev–Trinajstić information content (AvgIpc) is 2.62. The van der Waals surface area contributed by atoms with E-state index in [1.54, 1.807) is 0 Å². The highest BCUT2D eigenvalue weighted by Gasteiger charge is 2.85. The summed E-state index contributed by atoms with van der Waals surface area (Å²) in [6.07, 6.45) is -37.2. The molecule has 0 radical (unpaired) electrons. The van der Waals surface area contributed by atoms with Crippen LogP contribution in [0.1, 0.15) is 6.42 Å². The third-order valence-electron chi connectivity index (χ3n) is 3.28. The molecule has 0 bridgehead atoms. The van der Waals surface area contributed by atoms with Crippen LogP contribution in [0.3, 0.4) is 0 Å². The molecule has 0 saturated carbocycles. The quantitative estimate of drug-likeness (QED) is 0.123. The number of hydrogen-bond acceptors (Lipinski definition) is 4. The monoisotopic (exact) mass is 584 g/mol. The third kappa shape index (κ3) is 8.81. The van der Waals surface area contributed by atoms with Gasteiger partial charge in [-0.05, 0) is 6.42 Å². The van der Waals surface area contributed by atoms with E-state index < -0.39 is 68.4 Å². The van der Waals surface area contributed by atoms with Gasteiger partial charge in [-0.1, -0.05) is 0 Å². The van der Waals surface area contributed by atoms with E-state index >= 15 is 0 Å². The molecule has 0 amide bonds. The molecule has 0 aliphatic rings. The zero-order valence-corrected chi connectivity index (χ0v) is 17.1. The maximum atomic E-state index is 13.3. The predicted octanol–water partition coefficient (Wildman–Crippen LogP) is 6.22. The highest BCUT2D eigenvalue weighted by atomic mass is 35.5. The molecule has 1 atom stereocenters. The second-order valence-corrected chi connectivity index (χ2v) is 6.65. The van der Waals surface area contributed by atoms with Crippen LogP contribution in [-0.4, -0.2) is 80.9 Å². The van der Waals surface area contributed by atoms with Crippen LogP contribution in [-0.2, 0) is 18.9 Å². The van der Waals surface area contributed by atoms with E-state index in [2.05, 4.69) is 14.2 Å². The molecule has 0 aromatic heterocycles. The highest BCUT2D eigenvalue weighted by molar-refractivity contribution is 6.17. The fourth-order valence-corrected chi connectivity index (χ4v) is 1.75. The Morgan fingerprint density at radius 2 is 1.06 bits per heavy atom. The first-order chi connectivity index (χ1) is 15.4. The summed E-state index contributed by atoms with van der Waals surface area (Å²) in [5.41, 5.74) is 0. The molecule has 0 fully saturated rings. The molecule has 21 heteroatoms. The van der Waals surface area contributed by atoms with Crippen molar-refractivity contribution in [3.05, 3.63) is 0 Å². The Kier molecular flexibility index (Phi) is 11.3. The third-order valence-corrected chi connectivity index (χ3v) is 3.55. The molecule has 0 heterocycles. The lowest BCUT2D eigenvalue weighted by atomic mass is 10.1. The Hall–Kier alpha value is -0.990. The van der Waals surface area contributed by atoms with E-state index in [9.17, 15) is 70.2 Å². The van der Waals surface area contributed by atoms with Gasteiger partial charge in [0.2, 0.25) is 0 Å². The minimum Gasteiger partial charge on any atom is -0.378 e. The molecule has 35 heavy (non-hydrogen) atoms. The topological polar surface area (TPSA) is 36.9 Å². The number of halogens is 17. The minimum absolute atomic E-state index is 0.0942. The fraction of sp³-hybridized carbons (Fsp3) is 1.00. The second kappa shape index (κ2) is 11.6. The summed E-state index contributed by atoms with van der Waals surface area (Å²) in [5.74, 6) is -15.6. The van der Waals surface area contributed by atoms with Gasteiger partial charge in [0.25, 0.3) is 0 Å². The summed E-state index contributed by atoms with van der Waals surface area (Å²) in [6.45, 7) is -4.73. The van der Waals surface area contributed by atoms with Gasteiger partial charge in [0.15, 0.2) is 0 Å². The molecule has 0 aliphatic carbocycles. The Morgan fingerprint density at radius 3 is 1.51 bits per heavy atom. The predicted molar refractivity (Wildman–Crippen MR) is 79.8 cm³/mol. The Labute approximate surface area is 189 Å². The van der Waals surface area contributed by atoms with Crippen LogP contribution in [0.5, 0.6) is 0 Å². The Morgan fingerprint density at radius 1 is 0.600 bits per heavy atom. The van der Waals surface area contributed by atoms with Crippen molar-refractivity contribution in [3.63, 3.8) is 0 Å². The van der Waals surface area contributed by atoms with Crippen molar-refractivity contribution in [3.8, 4) is 0 Å². The lowest BCUT2D eigenvalue weighted by Gasteiger charge is -2.36. The summed E-state index contributed by atoms with van der Waals surface area (Å²) < 4.78 is 218. The molecule has 0 rings (SSSR count). The van der Waals surface area contributed by atoms with Crippen LogP contribution in [0.4, 0.5) is 70.2 Å². The van der Waals surface area contributed by atoms with E-state index in [1.165, 1.54) is 4.74 Å². The average molecular weight is 585 g/mol. The van der Waals surface area contributed by atoms with Crippen molar-refractivity contribution in [1.29, 1.82) is 0 Å². The smallest absolute Gasteiger partial charge is 0.378 e. The normalized spacial score (nSPS) is 16.0. The molecule has 1 unspecified atom stereocenters. The molecular weight excluding hydrogens is 572 g/mol. The van der Waals surface area contributed by atoms with Gasteiger partial charge in [-0.3, -0.25) is 0 Å². The minimum atomic E-state index is -7.94. The SMILES string of the molecule is FC(COCCCCl)COCC(F)(F)OC(F)(F)C(F)(F)OC(F)(F)C(F)(F)C(F)(F)C(F)(F)F. The van der Waals surface area contributed by atoms with E-state index in [1.807, 2.05) is 0 Å². The molecule has 0 aromatic rings. The summed E-state index contributed by atoms with van der Waals surface area (Å²) >= 11 is 5.25. The first kappa shape index (κ1) is 34.0. The second-order valence-electron chi connectivity index (χ2n) is 6.27. The lowest BCUT2D eigenvalue weighted by molar-refractivity contribution is -0.543. The first-order valence-corrected chi connectivity index (χ1v) is 9.00. The zero-order valence-electron chi connectivity index (χ0n) is 16.4. The molecular formula is C14H13ClF16O4. The van der Waals surface area contributed by atoms with Crippen molar-refractivity contribution in [2.45, 2.75) is 55.0 Å². The molecule has 212 valence electrons. The summed E-state index contributed by atoms with van der Waals surface area (Å²) in [4.78, 5) is 0. The molecule has 0 spiro atoms. The van der Waals surface area contributed by atoms with Crippen LogP contribution in [0.2, 0.25) is 0 Å². The van der Waals surface area contributed by atoms with E-state index in [0.717, 1.165) is 0 Å². The van der Waals surface area contributed by atoms with Gasteiger partial charge < -0.3 is 9.47 Å². The summed E-state index contributed by atoms with van der Waals surface area (Å²) in [6, 6.07) is 0. The van der Waals surface area contributed by atoms with Crippen LogP contribution < -0.4 is 0 Å². The Balaban J connectivity index is 5.28. The van der Waals surface area contributed by atoms with Crippen LogP contribution in [0.25, 0.3) is 0 Å². The van der Waals surface area contributed by atoms with E-state index in [-0.39, 0.29) is 18.9 Å². The van der Waals surface area contributed by atoms with Gasteiger partial charge in [0, 0.05) is 12.5 Å². The maximum absolute atomic E-state index is 13.3.